The molecule has 1 heterocycles. The fourth-order valence-corrected chi connectivity index (χ4v) is 3.97. The van der Waals surface area contributed by atoms with E-state index in [2.05, 4.69) is 33.9 Å². The predicted octanol–water partition coefficient (Wildman–Crippen LogP) is 3.65. The highest BCUT2D eigenvalue weighted by Crippen LogP contribution is 2.39. The van der Waals surface area contributed by atoms with Gasteiger partial charge < -0.3 is 14.6 Å². The molecule has 140 valence electrons. The van der Waals surface area contributed by atoms with Crippen LogP contribution in [0.4, 0.5) is 9.18 Å². The van der Waals surface area contributed by atoms with E-state index in [0.717, 1.165) is 5.56 Å². The maximum Gasteiger partial charge on any atom is 0.407 e. The summed E-state index contributed by atoms with van der Waals surface area (Å²) in [4.78, 5) is 12.9. The first-order chi connectivity index (χ1) is 11.4. The van der Waals surface area contributed by atoms with Gasteiger partial charge in [0.1, 0.15) is 5.82 Å². The van der Waals surface area contributed by atoms with Gasteiger partial charge in [-0.1, -0.05) is 32.9 Å². The highest BCUT2D eigenvalue weighted by atomic mass is 28.4. The minimum Gasteiger partial charge on any atom is -0.465 e. The van der Waals surface area contributed by atoms with Crippen LogP contribution >= 0.6 is 0 Å². The van der Waals surface area contributed by atoms with E-state index in [-0.39, 0.29) is 24.0 Å². The fraction of sp³-hybridized carbons (Fsp3) is 0.611. The molecular formula is C18H28FNO4Si. The van der Waals surface area contributed by atoms with Crippen LogP contribution in [-0.4, -0.2) is 54.8 Å². The van der Waals surface area contributed by atoms with Gasteiger partial charge in [0.15, 0.2) is 8.32 Å². The van der Waals surface area contributed by atoms with E-state index in [9.17, 15) is 19.4 Å². The van der Waals surface area contributed by atoms with Crippen LogP contribution in [-0.2, 0) is 4.43 Å². The van der Waals surface area contributed by atoms with Crippen molar-refractivity contribution in [1.82, 2.24) is 4.90 Å². The Labute approximate surface area is 149 Å². The number of amides is 1. The van der Waals surface area contributed by atoms with Crippen LogP contribution in [0.25, 0.3) is 0 Å². The van der Waals surface area contributed by atoms with Gasteiger partial charge in [-0.3, -0.25) is 4.90 Å². The van der Waals surface area contributed by atoms with Gasteiger partial charge in [0.2, 0.25) is 0 Å². The van der Waals surface area contributed by atoms with E-state index in [4.69, 9.17) is 4.43 Å². The Bertz CT molecular complexity index is 614. The minimum atomic E-state index is -2.06. The van der Waals surface area contributed by atoms with E-state index in [1.54, 1.807) is 12.1 Å². The lowest BCUT2D eigenvalue weighted by molar-refractivity contribution is 0.115. The number of β-amino-alcohol motifs (C(OH)–C–C–N with tert-alkyl or cyclic N) is 1. The Morgan fingerprint density at radius 3 is 2.36 bits per heavy atom. The molecular weight excluding hydrogens is 341 g/mol. The van der Waals surface area contributed by atoms with Gasteiger partial charge in [-0.2, -0.15) is 0 Å². The highest BCUT2D eigenvalue weighted by molar-refractivity contribution is 6.74. The average Bonchev–Trinajstić information content (AvgIpc) is 2.82. The summed E-state index contributed by atoms with van der Waals surface area (Å²) in [6, 6.07) is 5.38. The van der Waals surface area contributed by atoms with Gasteiger partial charge in [-0.05, 0) is 35.8 Å². The summed E-state index contributed by atoms with van der Waals surface area (Å²) < 4.78 is 19.5. The Hall–Kier alpha value is -1.44. The molecule has 25 heavy (non-hydrogen) atoms. The summed E-state index contributed by atoms with van der Waals surface area (Å²) in [5.74, 6) is -0.790. The van der Waals surface area contributed by atoms with Crippen molar-refractivity contribution in [1.29, 1.82) is 0 Å². The second-order valence-electron chi connectivity index (χ2n) is 8.22. The van der Waals surface area contributed by atoms with Crippen molar-refractivity contribution in [2.24, 2.45) is 0 Å². The lowest BCUT2D eigenvalue weighted by Gasteiger charge is -2.38. The first-order valence-corrected chi connectivity index (χ1v) is 11.4. The number of aliphatic hydroxyl groups excluding tert-OH is 1. The van der Waals surface area contributed by atoms with Gasteiger partial charge >= 0.3 is 6.09 Å². The third kappa shape index (κ3) is 4.21. The molecule has 0 bridgehead atoms. The topological polar surface area (TPSA) is 70.0 Å². The molecule has 0 radical (unpaired) electrons. The van der Waals surface area contributed by atoms with Crippen molar-refractivity contribution < 1.29 is 23.8 Å². The van der Waals surface area contributed by atoms with Gasteiger partial charge in [0.05, 0.1) is 25.3 Å². The van der Waals surface area contributed by atoms with Gasteiger partial charge in [-0.25, -0.2) is 9.18 Å². The van der Waals surface area contributed by atoms with E-state index in [1.807, 2.05) is 0 Å². The van der Waals surface area contributed by atoms with E-state index >= 15 is 0 Å². The largest absolute Gasteiger partial charge is 0.465 e. The van der Waals surface area contributed by atoms with Crippen molar-refractivity contribution in [3.8, 4) is 0 Å². The second kappa shape index (κ2) is 7.05. The summed E-state index contributed by atoms with van der Waals surface area (Å²) >= 11 is 0. The first kappa shape index (κ1) is 19.9. The molecule has 1 fully saturated rings. The van der Waals surface area contributed by atoms with Crippen LogP contribution in [0.2, 0.25) is 18.1 Å². The zero-order valence-corrected chi connectivity index (χ0v) is 16.5. The number of hydrogen-bond donors (Lipinski definition) is 2. The fourth-order valence-electron chi connectivity index (χ4n) is 2.95. The molecule has 0 spiro atoms. The predicted molar refractivity (Wildman–Crippen MR) is 96.8 cm³/mol. The third-order valence-electron chi connectivity index (χ3n) is 5.53. The standard InChI is InChI=1S/C18H28FNO4Si/c1-18(2,3)25(4,5)24-11-14-16(12-6-8-13(19)9-7-12)15(21)10-20(14)17(22)23/h6-9,14-16,21H,10-11H2,1-5H3,(H,22,23)/t14-,15-,16-/m0/s1. The van der Waals surface area contributed by atoms with Crippen molar-refractivity contribution in [3.05, 3.63) is 35.6 Å². The van der Waals surface area contributed by atoms with Crippen molar-refractivity contribution >= 4 is 14.4 Å². The molecule has 3 atom stereocenters. The molecule has 0 unspecified atom stereocenters. The van der Waals surface area contributed by atoms with Gasteiger partial charge in [0, 0.05) is 5.92 Å². The number of carbonyl (C=O) groups is 1. The van der Waals surface area contributed by atoms with Crippen LogP contribution in [0.15, 0.2) is 24.3 Å². The van der Waals surface area contributed by atoms with Crippen LogP contribution in [0.5, 0.6) is 0 Å². The van der Waals surface area contributed by atoms with E-state index in [0.29, 0.717) is 0 Å². The summed E-state index contributed by atoms with van der Waals surface area (Å²) in [5.41, 5.74) is 0.724. The number of hydrogen-bond acceptors (Lipinski definition) is 3. The third-order valence-corrected chi connectivity index (χ3v) is 10.0. The average molecular weight is 370 g/mol. The lowest BCUT2D eigenvalue weighted by Crippen LogP contribution is -2.46. The number of aliphatic hydroxyl groups is 1. The maximum atomic E-state index is 13.2. The Balaban J connectivity index is 2.27. The quantitative estimate of drug-likeness (QED) is 0.795. The molecule has 1 aromatic rings. The zero-order valence-electron chi connectivity index (χ0n) is 15.5. The van der Waals surface area contributed by atoms with Gasteiger partial charge in [-0.15, -0.1) is 0 Å². The Morgan fingerprint density at radius 1 is 1.32 bits per heavy atom. The first-order valence-electron chi connectivity index (χ1n) is 8.51. The molecule has 7 heteroatoms. The molecule has 0 aliphatic carbocycles. The summed E-state index contributed by atoms with van der Waals surface area (Å²) in [6.45, 7) is 10.8. The number of halogens is 1. The second-order valence-corrected chi connectivity index (χ2v) is 13.0. The molecule has 1 saturated heterocycles. The number of nitrogens with zero attached hydrogens (tertiary/aromatic N) is 1. The van der Waals surface area contributed by atoms with E-state index in [1.165, 1.54) is 17.0 Å². The van der Waals surface area contributed by atoms with Crippen molar-refractivity contribution in [2.75, 3.05) is 13.2 Å². The molecule has 2 rings (SSSR count). The zero-order chi connectivity index (χ0) is 19.0. The van der Waals surface area contributed by atoms with Crippen molar-refractivity contribution in [3.63, 3.8) is 0 Å². The summed E-state index contributed by atoms with van der Waals surface area (Å²) in [7, 11) is -2.06. The molecule has 1 aromatic carbocycles. The summed E-state index contributed by atoms with van der Waals surface area (Å²) in [5, 5.41) is 20.0. The summed E-state index contributed by atoms with van der Waals surface area (Å²) in [6.07, 6.45) is -1.91. The minimum absolute atomic E-state index is 0.00362. The van der Waals surface area contributed by atoms with Crippen molar-refractivity contribution in [2.45, 2.75) is 57.0 Å². The molecule has 2 N–H and O–H groups in total. The highest BCUT2D eigenvalue weighted by Gasteiger charge is 2.46. The SMILES string of the molecule is CC(C)(C)[Si](C)(C)OC[C@H]1[C@H](c2ccc(F)cc2)[C@@H](O)CN1C(=O)O. The van der Waals surface area contributed by atoms with Crippen LogP contribution in [0.3, 0.4) is 0 Å². The lowest BCUT2D eigenvalue weighted by atomic mass is 9.90. The molecule has 1 aliphatic heterocycles. The molecule has 1 amide bonds. The van der Waals surface area contributed by atoms with Crippen LogP contribution in [0, 0.1) is 5.82 Å². The van der Waals surface area contributed by atoms with Crippen LogP contribution in [0.1, 0.15) is 32.3 Å². The van der Waals surface area contributed by atoms with Crippen LogP contribution < -0.4 is 0 Å². The monoisotopic (exact) mass is 369 g/mol. The molecule has 1 aliphatic rings. The normalized spacial score (nSPS) is 24.6. The number of likely N-dealkylation sites (tertiary alicyclic amines) is 1. The molecule has 5 nitrogen and oxygen atoms in total. The Kier molecular flexibility index (Phi) is 5.61. The van der Waals surface area contributed by atoms with Gasteiger partial charge in [0.25, 0.3) is 0 Å². The smallest absolute Gasteiger partial charge is 0.407 e. The Morgan fingerprint density at radius 2 is 1.88 bits per heavy atom. The van der Waals surface area contributed by atoms with E-state index < -0.39 is 32.5 Å². The number of carboxylic acid groups (broad SMARTS) is 1. The number of rotatable bonds is 4. The molecule has 0 aromatic heterocycles. The number of benzene rings is 1. The molecule has 0 saturated carbocycles. The maximum absolute atomic E-state index is 13.2.